The van der Waals surface area contributed by atoms with Gasteiger partial charge in [-0.2, -0.15) is 0 Å². The van der Waals surface area contributed by atoms with E-state index >= 15 is 0 Å². The number of hydrogen-bond acceptors (Lipinski definition) is 3. The molecule has 0 aliphatic rings. The normalized spacial score (nSPS) is 12.7. The van der Waals surface area contributed by atoms with Crippen molar-refractivity contribution in [2.45, 2.75) is 19.9 Å². The highest BCUT2D eigenvalue weighted by molar-refractivity contribution is 5.56. The summed E-state index contributed by atoms with van der Waals surface area (Å²) >= 11 is 0. The highest BCUT2D eigenvalue weighted by Gasteiger charge is 2.02. The molecule has 0 saturated heterocycles. The van der Waals surface area contributed by atoms with Crippen LogP contribution in [0.25, 0.3) is 6.08 Å². The standard InChI is InChI=1S/C14H21NO2/c1-5-15-11(2)6-7-12-8-9-13(16-3)14(10-12)17-4/h6-11,15H,5H2,1-4H3/b7-6+. The quantitative estimate of drug-likeness (QED) is 0.822. The van der Waals surface area contributed by atoms with Crippen LogP contribution in [0.15, 0.2) is 24.3 Å². The van der Waals surface area contributed by atoms with Crippen LogP contribution in [0, 0.1) is 0 Å². The molecular weight excluding hydrogens is 214 g/mol. The molecular formula is C14H21NO2. The van der Waals surface area contributed by atoms with Gasteiger partial charge in [-0.05, 0) is 31.2 Å². The van der Waals surface area contributed by atoms with Gasteiger partial charge in [0, 0.05) is 6.04 Å². The van der Waals surface area contributed by atoms with Crippen LogP contribution in [-0.4, -0.2) is 26.8 Å². The average Bonchev–Trinajstić information content (AvgIpc) is 2.36. The minimum absolute atomic E-state index is 0.369. The molecule has 0 aliphatic carbocycles. The van der Waals surface area contributed by atoms with E-state index in [1.165, 1.54) is 0 Å². The van der Waals surface area contributed by atoms with Gasteiger partial charge in [0.25, 0.3) is 0 Å². The molecule has 94 valence electrons. The largest absolute Gasteiger partial charge is 0.493 e. The summed E-state index contributed by atoms with van der Waals surface area (Å²) in [4.78, 5) is 0. The third kappa shape index (κ3) is 4.11. The van der Waals surface area contributed by atoms with Crippen LogP contribution in [0.5, 0.6) is 11.5 Å². The molecule has 0 radical (unpaired) electrons. The van der Waals surface area contributed by atoms with Gasteiger partial charge in [-0.15, -0.1) is 0 Å². The monoisotopic (exact) mass is 235 g/mol. The van der Waals surface area contributed by atoms with Crippen LogP contribution in [0.2, 0.25) is 0 Å². The Labute approximate surface area is 103 Å². The summed E-state index contributed by atoms with van der Waals surface area (Å²) < 4.78 is 10.5. The molecule has 0 spiro atoms. The summed E-state index contributed by atoms with van der Waals surface area (Å²) in [7, 11) is 3.28. The molecule has 0 saturated carbocycles. The first-order chi connectivity index (χ1) is 8.21. The van der Waals surface area contributed by atoms with Crippen LogP contribution in [-0.2, 0) is 0 Å². The highest BCUT2D eigenvalue weighted by atomic mass is 16.5. The molecule has 1 unspecified atom stereocenters. The second-order valence-electron chi connectivity index (χ2n) is 3.82. The van der Waals surface area contributed by atoms with E-state index in [4.69, 9.17) is 9.47 Å². The van der Waals surface area contributed by atoms with Gasteiger partial charge >= 0.3 is 0 Å². The Morgan fingerprint density at radius 1 is 1.24 bits per heavy atom. The molecule has 0 amide bonds. The smallest absolute Gasteiger partial charge is 0.161 e. The molecule has 1 aromatic rings. The maximum Gasteiger partial charge on any atom is 0.161 e. The molecule has 0 fully saturated rings. The van der Waals surface area contributed by atoms with Crippen molar-refractivity contribution in [1.82, 2.24) is 5.32 Å². The number of methoxy groups -OCH3 is 2. The van der Waals surface area contributed by atoms with Gasteiger partial charge in [-0.3, -0.25) is 0 Å². The summed E-state index contributed by atoms with van der Waals surface area (Å²) in [6.07, 6.45) is 4.21. The van der Waals surface area contributed by atoms with Crippen LogP contribution < -0.4 is 14.8 Å². The lowest BCUT2D eigenvalue weighted by Gasteiger charge is -2.09. The Morgan fingerprint density at radius 2 is 1.94 bits per heavy atom. The van der Waals surface area contributed by atoms with Gasteiger partial charge in [0.15, 0.2) is 11.5 Å². The van der Waals surface area contributed by atoms with E-state index in [2.05, 4.69) is 31.3 Å². The van der Waals surface area contributed by atoms with E-state index < -0.39 is 0 Å². The zero-order valence-corrected chi connectivity index (χ0v) is 11.0. The van der Waals surface area contributed by atoms with E-state index in [1.54, 1.807) is 14.2 Å². The predicted molar refractivity (Wildman–Crippen MR) is 71.7 cm³/mol. The van der Waals surface area contributed by atoms with Crippen molar-refractivity contribution < 1.29 is 9.47 Å². The molecule has 1 N–H and O–H groups in total. The number of benzene rings is 1. The zero-order valence-electron chi connectivity index (χ0n) is 11.0. The molecule has 3 nitrogen and oxygen atoms in total. The summed E-state index contributed by atoms with van der Waals surface area (Å²) in [6.45, 7) is 5.19. The minimum Gasteiger partial charge on any atom is -0.493 e. The van der Waals surface area contributed by atoms with Crippen molar-refractivity contribution in [3.63, 3.8) is 0 Å². The Bertz CT molecular complexity index is 374. The van der Waals surface area contributed by atoms with Crippen LogP contribution in [0.3, 0.4) is 0 Å². The maximum absolute atomic E-state index is 5.26. The second kappa shape index (κ2) is 6.97. The summed E-state index contributed by atoms with van der Waals surface area (Å²) in [6, 6.07) is 6.26. The third-order valence-corrected chi connectivity index (χ3v) is 2.51. The Morgan fingerprint density at radius 3 is 2.53 bits per heavy atom. The van der Waals surface area contributed by atoms with Gasteiger partial charge in [0.05, 0.1) is 14.2 Å². The lowest BCUT2D eigenvalue weighted by Crippen LogP contribution is -2.22. The molecule has 1 aromatic carbocycles. The first-order valence-corrected chi connectivity index (χ1v) is 5.84. The summed E-state index contributed by atoms with van der Waals surface area (Å²) in [5, 5.41) is 3.32. The summed E-state index contributed by atoms with van der Waals surface area (Å²) in [5.41, 5.74) is 1.10. The zero-order chi connectivity index (χ0) is 12.7. The summed E-state index contributed by atoms with van der Waals surface area (Å²) in [5.74, 6) is 1.51. The third-order valence-electron chi connectivity index (χ3n) is 2.51. The Kier molecular flexibility index (Phi) is 5.57. The molecule has 0 heterocycles. The first kappa shape index (κ1) is 13.6. The predicted octanol–water partition coefficient (Wildman–Crippen LogP) is 2.72. The fraction of sp³-hybridized carbons (Fsp3) is 0.429. The number of nitrogens with one attached hydrogen (secondary N) is 1. The Balaban J connectivity index is 2.78. The molecule has 17 heavy (non-hydrogen) atoms. The molecule has 1 atom stereocenters. The fourth-order valence-corrected chi connectivity index (χ4v) is 1.60. The average molecular weight is 235 g/mol. The molecule has 0 bridgehead atoms. The van der Waals surface area contributed by atoms with Crippen molar-refractivity contribution in [1.29, 1.82) is 0 Å². The lowest BCUT2D eigenvalue weighted by molar-refractivity contribution is 0.355. The molecule has 3 heteroatoms. The topological polar surface area (TPSA) is 30.5 Å². The van der Waals surface area contributed by atoms with Gasteiger partial charge in [-0.25, -0.2) is 0 Å². The second-order valence-corrected chi connectivity index (χ2v) is 3.82. The lowest BCUT2D eigenvalue weighted by atomic mass is 10.1. The van der Waals surface area contributed by atoms with E-state index in [-0.39, 0.29) is 0 Å². The SMILES string of the molecule is CCNC(C)/C=C/c1ccc(OC)c(OC)c1. The van der Waals surface area contributed by atoms with Crippen molar-refractivity contribution >= 4 is 6.08 Å². The molecule has 0 aliphatic heterocycles. The number of rotatable bonds is 6. The molecule has 1 rings (SSSR count). The first-order valence-electron chi connectivity index (χ1n) is 5.84. The van der Waals surface area contributed by atoms with Crippen molar-refractivity contribution in [3.8, 4) is 11.5 Å². The number of hydrogen-bond donors (Lipinski definition) is 1. The number of ether oxygens (including phenoxy) is 2. The van der Waals surface area contributed by atoms with Crippen molar-refractivity contribution in [2.24, 2.45) is 0 Å². The van der Waals surface area contributed by atoms with Crippen LogP contribution in [0.4, 0.5) is 0 Å². The van der Waals surface area contributed by atoms with Gasteiger partial charge < -0.3 is 14.8 Å². The Hall–Kier alpha value is -1.48. The van der Waals surface area contributed by atoms with Gasteiger partial charge in [0.2, 0.25) is 0 Å². The van der Waals surface area contributed by atoms with Crippen molar-refractivity contribution in [2.75, 3.05) is 20.8 Å². The van der Waals surface area contributed by atoms with Crippen LogP contribution >= 0.6 is 0 Å². The maximum atomic E-state index is 5.26. The van der Waals surface area contributed by atoms with E-state index in [1.807, 2.05) is 18.2 Å². The van der Waals surface area contributed by atoms with Crippen molar-refractivity contribution in [3.05, 3.63) is 29.8 Å². The van der Waals surface area contributed by atoms with E-state index in [0.29, 0.717) is 6.04 Å². The van der Waals surface area contributed by atoms with E-state index in [9.17, 15) is 0 Å². The van der Waals surface area contributed by atoms with E-state index in [0.717, 1.165) is 23.6 Å². The fourth-order valence-electron chi connectivity index (χ4n) is 1.60. The minimum atomic E-state index is 0.369. The van der Waals surface area contributed by atoms with Gasteiger partial charge in [0.1, 0.15) is 0 Å². The van der Waals surface area contributed by atoms with Crippen LogP contribution in [0.1, 0.15) is 19.4 Å². The number of likely N-dealkylation sites (N-methyl/N-ethyl adjacent to an activating group) is 1. The van der Waals surface area contributed by atoms with Gasteiger partial charge in [-0.1, -0.05) is 25.1 Å². The highest BCUT2D eigenvalue weighted by Crippen LogP contribution is 2.27. The molecule has 0 aromatic heterocycles.